The Balaban J connectivity index is 1.49. The van der Waals surface area contributed by atoms with E-state index in [1.165, 1.54) is 36.1 Å². The fourth-order valence-electron chi connectivity index (χ4n) is 4.96. The van der Waals surface area contributed by atoms with Crippen LogP contribution in [0, 0.1) is 6.92 Å². The third kappa shape index (κ3) is 6.30. The van der Waals surface area contributed by atoms with Gasteiger partial charge in [-0.2, -0.15) is 18.3 Å². The fourth-order valence-corrected chi connectivity index (χ4v) is 5.13. The van der Waals surface area contributed by atoms with Gasteiger partial charge in [0.2, 0.25) is 0 Å². The van der Waals surface area contributed by atoms with Crippen LogP contribution in [0.5, 0.6) is 0 Å². The Hall–Kier alpha value is -4.11. The average Bonchev–Trinajstić information content (AvgIpc) is 3.47. The molecule has 0 aliphatic carbocycles. The van der Waals surface area contributed by atoms with Gasteiger partial charge in [0, 0.05) is 42.0 Å². The number of aryl methyl sites for hydroxylation is 1. The predicted octanol–water partition coefficient (Wildman–Crippen LogP) is 7.41. The van der Waals surface area contributed by atoms with Gasteiger partial charge in [0.1, 0.15) is 0 Å². The third-order valence-electron chi connectivity index (χ3n) is 7.20. The predicted molar refractivity (Wildman–Crippen MR) is 153 cm³/mol. The third-order valence-corrected chi connectivity index (χ3v) is 7.51. The van der Waals surface area contributed by atoms with Gasteiger partial charge in [0.05, 0.1) is 28.7 Å². The molecule has 10 heteroatoms. The molecular formula is C31H28ClF3N4O2. The normalized spacial score (nSPS) is 13.7. The Morgan fingerprint density at radius 3 is 2.44 bits per heavy atom. The monoisotopic (exact) mass is 580 g/mol. The first-order valence-corrected chi connectivity index (χ1v) is 13.8. The molecule has 1 aliphatic rings. The van der Waals surface area contributed by atoms with Gasteiger partial charge in [-0.1, -0.05) is 18.2 Å². The van der Waals surface area contributed by atoms with Crippen LogP contribution in [0.4, 0.5) is 24.5 Å². The highest BCUT2D eigenvalue weighted by atomic mass is 35.5. The van der Waals surface area contributed by atoms with Crippen LogP contribution in [0.25, 0.3) is 5.69 Å². The number of halogens is 4. The Kier molecular flexibility index (Phi) is 8.17. The largest absolute Gasteiger partial charge is 0.416 e. The topological polar surface area (TPSA) is 67.2 Å². The molecule has 0 atom stereocenters. The highest BCUT2D eigenvalue weighted by Gasteiger charge is 2.32. The summed E-state index contributed by atoms with van der Waals surface area (Å²) in [4.78, 5) is 29.1. The van der Waals surface area contributed by atoms with Crippen LogP contribution in [0.2, 0.25) is 0 Å². The zero-order chi connectivity index (χ0) is 29.1. The molecule has 2 heterocycles. The van der Waals surface area contributed by atoms with Crippen molar-refractivity contribution in [3.05, 3.63) is 106 Å². The zero-order valence-corrected chi connectivity index (χ0v) is 23.1. The molecule has 1 N–H and O–H groups in total. The molecule has 0 saturated carbocycles. The van der Waals surface area contributed by atoms with Gasteiger partial charge in [-0.25, -0.2) is 4.68 Å². The fraction of sp³-hybridized carbons (Fsp3) is 0.258. The van der Waals surface area contributed by atoms with Crippen LogP contribution >= 0.6 is 11.6 Å². The number of carbonyl (C=O) groups is 2. The van der Waals surface area contributed by atoms with Crippen LogP contribution in [0.3, 0.4) is 0 Å². The van der Waals surface area contributed by atoms with Gasteiger partial charge in [0.15, 0.2) is 5.78 Å². The van der Waals surface area contributed by atoms with Gasteiger partial charge in [-0.05, 0) is 79.8 Å². The Labute approximate surface area is 240 Å². The van der Waals surface area contributed by atoms with Crippen molar-refractivity contribution in [3.63, 3.8) is 0 Å². The van der Waals surface area contributed by atoms with E-state index in [1.807, 2.05) is 12.1 Å². The number of rotatable bonds is 7. The van der Waals surface area contributed by atoms with Crippen molar-refractivity contribution in [3.8, 4) is 5.69 Å². The van der Waals surface area contributed by atoms with E-state index in [-0.39, 0.29) is 28.3 Å². The number of aromatic nitrogens is 2. The van der Waals surface area contributed by atoms with Crippen molar-refractivity contribution >= 4 is 34.7 Å². The van der Waals surface area contributed by atoms with Gasteiger partial charge >= 0.3 is 6.18 Å². The molecule has 41 heavy (non-hydrogen) atoms. The molecule has 1 aromatic heterocycles. The van der Waals surface area contributed by atoms with Crippen molar-refractivity contribution in [2.45, 2.75) is 38.2 Å². The van der Waals surface area contributed by atoms with Crippen LogP contribution in [0.15, 0.2) is 73.1 Å². The second-order valence-corrected chi connectivity index (χ2v) is 10.3. The Morgan fingerprint density at radius 2 is 1.71 bits per heavy atom. The van der Waals surface area contributed by atoms with E-state index in [0.29, 0.717) is 11.3 Å². The Bertz CT molecular complexity index is 1590. The number of hydrogen-bond acceptors (Lipinski definition) is 4. The van der Waals surface area contributed by atoms with Crippen molar-refractivity contribution in [2.24, 2.45) is 0 Å². The Morgan fingerprint density at radius 1 is 0.951 bits per heavy atom. The highest BCUT2D eigenvalue weighted by Crippen LogP contribution is 2.33. The molecule has 4 aromatic rings. The zero-order valence-electron chi connectivity index (χ0n) is 22.3. The van der Waals surface area contributed by atoms with Crippen molar-refractivity contribution in [1.29, 1.82) is 0 Å². The summed E-state index contributed by atoms with van der Waals surface area (Å²) in [5.41, 5.74) is 2.30. The SMILES string of the molecule is Cc1ccc(-n2cc(C(=O)c3cc(N4CCCCC4)ccc3NC(=O)c3cccc(CCl)c3)cn2)cc1C(F)(F)F. The quantitative estimate of drug-likeness (QED) is 0.183. The molecule has 0 spiro atoms. The summed E-state index contributed by atoms with van der Waals surface area (Å²) < 4.78 is 41.7. The number of carbonyl (C=O) groups excluding carboxylic acids is 2. The minimum atomic E-state index is -4.52. The summed E-state index contributed by atoms with van der Waals surface area (Å²) in [6, 6.07) is 16.1. The van der Waals surface area contributed by atoms with E-state index in [9.17, 15) is 22.8 Å². The first-order valence-electron chi connectivity index (χ1n) is 13.3. The lowest BCUT2D eigenvalue weighted by Crippen LogP contribution is -2.29. The summed E-state index contributed by atoms with van der Waals surface area (Å²) in [6.45, 7) is 3.11. The van der Waals surface area contributed by atoms with E-state index in [2.05, 4.69) is 15.3 Å². The van der Waals surface area contributed by atoms with E-state index >= 15 is 0 Å². The first kappa shape index (κ1) is 28.4. The van der Waals surface area contributed by atoms with E-state index in [1.54, 1.807) is 30.3 Å². The maximum atomic E-state index is 13.8. The molecule has 1 fully saturated rings. The van der Waals surface area contributed by atoms with Gasteiger partial charge in [-0.15, -0.1) is 11.6 Å². The van der Waals surface area contributed by atoms with Crippen LogP contribution in [-0.2, 0) is 12.1 Å². The summed E-state index contributed by atoms with van der Waals surface area (Å²) in [5, 5.41) is 7.03. The minimum absolute atomic E-state index is 0.0937. The number of nitrogens with zero attached hydrogens (tertiary/aromatic N) is 3. The molecule has 3 aromatic carbocycles. The summed E-state index contributed by atoms with van der Waals surface area (Å²) in [7, 11) is 0. The maximum Gasteiger partial charge on any atom is 0.416 e. The number of hydrogen-bond donors (Lipinski definition) is 1. The summed E-state index contributed by atoms with van der Waals surface area (Å²) in [5.74, 6) is -0.556. The lowest BCUT2D eigenvalue weighted by Gasteiger charge is -2.29. The molecular weight excluding hydrogens is 553 g/mol. The lowest BCUT2D eigenvalue weighted by molar-refractivity contribution is -0.138. The second-order valence-electron chi connectivity index (χ2n) is 10.1. The van der Waals surface area contributed by atoms with Gasteiger partial charge < -0.3 is 10.2 Å². The minimum Gasteiger partial charge on any atom is -0.372 e. The maximum absolute atomic E-state index is 13.8. The van der Waals surface area contributed by atoms with Crippen molar-refractivity contribution < 1.29 is 22.8 Å². The number of benzene rings is 3. The number of anilines is 2. The van der Waals surface area contributed by atoms with Crippen molar-refractivity contribution in [1.82, 2.24) is 9.78 Å². The molecule has 1 aliphatic heterocycles. The number of ketones is 1. The molecule has 1 saturated heterocycles. The average molecular weight is 581 g/mol. The summed E-state index contributed by atoms with van der Waals surface area (Å²) >= 11 is 5.93. The number of piperidine rings is 1. The standard InChI is InChI=1S/C31H28ClF3N4O2/c1-20-8-9-25(16-27(20)31(33,34)35)39-19-23(18-36-39)29(40)26-15-24(38-12-3-2-4-13-38)10-11-28(26)37-30(41)22-7-5-6-21(14-22)17-32/h5-11,14-16,18-19H,2-4,12-13,17H2,1H3,(H,37,41). The molecule has 0 bridgehead atoms. The van der Waals surface area contributed by atoms with Crippen LogP contribution in [-0.4, -0.2) is 34.6 Å². The lowest BCUT2D eigenvalue weighted by atomic mass is 10.0. The highest BCUT2D eigenvalue weighted by molar-refractivity contribution is 6.17. The molecule has 0 unspecified atom stereocenters. The molecule has 0 radical (unpaired) electrons. The van der Waals surface area contributed by atoms with E-state index in [0.717, 1.165) is 49.7 Å². The van der Waals surface area contributed by atoms with Crippen LogP contribution in [0.1, 0.15) is 62.2 Å². The number of alkyl halides is 4. The van der Waals surface area contributed by atoms with Crippen molar-refractivity contribution in [2.75, 3.05) is 23.3 Å². The van der Waals surface area contributed by atoms with Gasteiger partial charge in [0.25, 0.3) is 5.91 Å². The molecule has 212 valence electrons. The molecule has 6 nitrogen and oxygen atoms in total. The van der Waals surface area contributed by atoms with Crippen LogP contribution < -0.4 is 10.2 Å². The van der Waals surface area contributed by atoms with E-state index in [4.69, 9.17) is 11.6 Å². The first-order chi connectivity index (χ1) is 19.6. The summed E-state index contributed by atoms with van der Waals surface area (Å²) in [6.07, 6.45) is 1.43. The number of amides is 1. The molecule has 5 rings (SSSR count). The number of nitrogens with one attached hydrogen (secondary N) is 1. The van der Waals surface area contributed by atoms with E-state index < -0.39 is 23.4 Å². The molecule has 1 amide bonds. The van der Waals surface area contributed by atoms with Gasteiger partial charge in [-0.3, -0.25) is 9.59 Å². The second kappa shape index (κ2) is 11.8. The smallest absolute Gasteiger partial charge is 0.372 e.